The summed E-state index contributed by atoms with van der Waals surface area (Å²) in [5, 5.41) is 3.19. The second kappa shape index (κ2) is 10.4. The molecule has 122 valence electrons. The maximum atomic E-state index is 11.8. The van der Waals surface area contributed by atoms with Crippen molar-refractivity contribution in [1.82, 2.24) is 14.3 Å². The van der Waals surface area contributed by atoms with E-state index in [9.17, 15) is 17.2 Å². The molecule has 0 atom stereocenters. The van der Waals surface area contributed by atoms with Gasteiger partial charge in [-0.05, 0) is 13.0 Å². The average Bonchev–Trinajstić information content (AvgIpc) is 2.33. The minimum atomic E-state index is -3.57. The van der Waals surface area contributed by atoms with Crippen molar-refractivity contribution in [3.05, 3.63) is 0 Å². The molecule has 0 unspecified atom stereocenters. The number of hydrogen-bond donors (Lipinski definition) is 2. The average molecular weight is 317 g/mol. The fraction of sp³-hybridized carbons (Fsp3) is 1.00. The number of halogens is 2. The predicted molar refractivity (Wildman–Crippen MR) is 74.1 cm³/mol. The molecule has 0 aliphatic carbocycles. The molecule has 9 heteroatoms. The van der Waals surface area contributed by atoms with Crippen molar-refractivity contribution in [3.8, 4) is 0 Å². The van der Waals surface area contributed by atoms with Crippen LogP contribution in [0.5, 0.6) is 0 Å². The molecule has 0 saturated heterocycles. The molecule has 2 N–H and O–H groups in total. The fourth-order valence-electron chi connectivity index (χ4n) is 1.34. The van der Waals surface area contributed by atoms with E-state index in [4.69, 9.17) is 0 Å². The van der Waals surface area contributed by atoms with Crippen LogP contribution in [0.1, 0.15) is 20.3 Å². The lowest BCUT2D eigenvalue weighted by Gasteiger charge is -2.18. The number of nitrogens with one attached hydrogen (secondary N) is 2. The fourth-order valence-corrected chi connectivity index (χ4v) is 2.27. The van der Waals surface area contributed by atoms with Crippen molar-refractivity contribution in [2.24, 2.45) is 0 Å². The lowest BCUT2D eigenvalue weighted by molar-refractivity contribution is 0.0198. The first-order valence-corrected chi connectivity index (χ1v) is 8.00. The highest BCUT2D eigenvalue weighted by Crippen LogP contribution is 1.96. The lowest BCUT2D eigenvalue weighted by Crippen LogP contribution is -2.41. The first kappa shape index (κ1) is 19.7. The zero-order chi connectivity index (χ0) is 15.6. The van der Waals surface area contributed by atoms with Gasteiger partial charge in [0.25, 0.3) is 16.6 Å². The Morgan fingerprint density at radius 1 is 1.25 bits per heavy atom. The Bertz CT molecular complexity index is 340. The smallest absolute Gasteiger partial charge is 0.279 e. The Morgan fingerprint density at radius 3 is 2.45 bits per heavy atom. The van der Waals surface area contributed by atoms with Crippen molar-refractivity contribution in [2.45, 2.75) is 32.7 Å². The second-order valence-electron chi connectivity index (χ2n) is 4.65. The standard InChI is InChI=1S/C11H25F2N3O3S/c1-10(2)14-5-4-7-16(3)20(17,18)15-6-8-19-9-11(12)13/h10-11,14-15H,4-9H2,1-3H3. The largest absolute Gasteiger partial charge is 0.374 e. The lowest BCUT2D eigenvalue weighted by atomic mass is 10.3. The van der Waals surface area contributed by atoms with Crippen LogP contribution in [-0.4, -0.2) is 65.1 Å². The van der Waals surface area contributed by atoms with E-state index in [1.807, 2.05) is 13.8 Å². The summed E-state index contributed by atoms with van der Waals surface area (Å²) in [4.78, 5) is 0. The molecule has 0 aliphatic heterocycles. The summed E-state index contributed by atoms with van der Waals surface area (Å²) in [5.41, 5.74) is 0. The van der Waals surface area contributed by atoms with E-state index in [1.165, 1.54) is 11.4 Å². The molecular formula is C11H25F2N3O3S. The van der Waals surface area contributed by atoms with Crippen molar-refractivity contribution < 1.29 is 21.9 Å². The van der Waals surface area contributed by atoms with Gasteiger partial charge in [0, 0.05) is 26.2 Å². The summed E-state index contributed by atoms with van der Waals surface area (Å²) in [6.45, 7) is 4.36. The van der Waals surface area contributed by atoms with Gasteiger partial charge in [-0.2, -0.15) is 17.4 Å². The summed E-state index contributed by atoms with van der Waals surface area (Å²) in [6, 6.07) is 0.363. The van der Waals surface area contributed by atoms with Crippen LogP contribution in [0.3, 0.4) is 0 Å². The van der Waals surface area contributed by atoms with E-state index in [0.717, 1.165) is 6.54 Å². The minimum absolute atomic E-state index is 0.0242. The molecule has 0 fully saturated rings. The van der Waals surface area contributed by atoms with Crippen molar-refractivity contribution in [1.29, 1.82) is 0 Å². The van der Waals surface area contributed by atoms with Crippen LogP contribution < -0.4 is 10.0 Å². The van der Waals surface area contributed by atoms with Crippen molar-refractivity contribution in [2.75, 3.05) is 39.9 Å². The Balaban J connectivity index is 3.80. The first-order valence-electron chi connectivity index (χ1n) is 6.56. The van der Waals surface area contributed by atoms with Crippen LogP contribution >= 0.6 is 0 Å². The van der Waals surface area contributed by atoms with Crippen LogP contribution in [0.15, 0.2) is 0 Å². The number of alkyl halides is 2. The van der Waals surface area contributed by atoms with E-state index >= 15 is 0 Å². The third-order valence-corrected chi connectivity index (χ3v) is 3.96. The minimum Gasteiger partial charge on any atom is -0.374 e. The van der Waals surface area contributed by atoms with Gasteiger partial charge >= 0.3 is 0 Å². The van der Waals surface area contributed by atoms with E-state index in [2.05, 4.69) is 14.8 Å². The van der Waals surface area contributed by atoms with E-state index in [0.29, 0.717) is 19.0 Å². The molecule has 20 heavy (non-hydrogen) atoms. The van der Waals surface area contributed by atoms with E-state index in [-0.39, 0.29) is 13.2 Å². The normalized spacial score (nSPS) is 12.8. The Morgan fingerprint density at radius 2 is 1.90 bits per heavy atom. The highest BCUT2D eigenvalue weighted by molar-refractivity contribution is 7.87. The highest BCUT2D eigenvalue weighted by Gasteiger charge is 2.16. The van der Waals surface area contributed by atoms with Gasteiger partial charge < -0.3 is 10.1 Å². The van der Waals surface area contributed by atoms with Gasteiger partial charge in [0.1, 0.15) is 6.61 Å². The molecule has 6 nitrogen and oxygen atoms in total. The monoisotopic (exact) mass is 317 g/mol. The molecule has 0 aliphatic rings. The van der Waals surface area contributed by atoms with Gasteiger partial charge in [-0.25, -0.2) is 8.78 Å². The SMILES string of the molecule is CC(C)NCCCN(C)S(=O)(=O)NCCOCC(F)F. The molecule has 0 radical (unpaired) electrons. The topological polar surface area (TPSA) is 70.7 Å². The number of ether oxygens (including phenoxy) is 1. The summed E-state index contributed by atoms with van der Waals surface area (Å²) in [7, 11) is -2.10. The van der Waals surface area contributed by atoms with Gasteiger partial charge in [0.2, 0.25) is 0 Å². The predicted octanol–water partition coefficient (Wildman–Crippen LogP) is 0.422. The zero-order valence-electron chi connectivity index (χ0n) is 12.2. The molecule has 0 rings (SSSR count). The number of hydrogen-bond acceptors (Lipinski definition) is 4. The molecule has 0 amide bonds. The summed E-state index contributed by atoms with van der Waals surface area (Å²) >= 11 is 0. The molecular weight excluding hydrogens is 292 g/mol. The quantitative estimate of drug-likeness (QED) is 0.512. The number of rotatable bonds is 12. The van der Waals surface area contributed by atoms with Gasteiger partial charge in [0.15, 0.2) is 0 Å². The highest BCUT2D eigenvalue weighted by atomic mass is 32.2. The molecule has 0 aromatic carbocycles. The van der Waals surface area contributed by atoms with Crippen LogP contribution in [0, 0.1) is 0 Å². The third kappa shape index (κ3) is 10.4. The van der Waals surface area contributed by atoms with Gasteiger partial charge in [0.05, 0.1) is 6.61 Å². The summed E-state index contributed by atoms with van der Waals surface area (Å²) in [5.74, 6) is 0. The molecule has 0 spiro atoms. The van der Waals surface area contributed by atoms with Gasteiger partial charge in [-0.3, -0.25) is 0 Å². The molecule has 0 bridgehead atoms. The molecule has 0 aromatic rings. The van der Waals surface area contributed by atoms with Crippen molar-refractivity contribution in [3.63, 3.8) is 0 Å². The summed E-state index contributed by atoms with van der Waals surface area (Å²) in [6.07, 6.45) is -1.85. The van der Waals surface area contributed by atoms with Crippen LogP contribution in [-0.2, 0) is 14.9 Å². The van der Waals surface area contributed by atoms with Crippen LogP contribution in [0.4, 0.5) is 8.78 Å². The maximum Gasteiger partial charge on any atom is 0.279 e. The van der Waals surface area contributed by atoms with Gasteiger partial charge in [-0.1, -0.05) is 13.8 Å². The maximum absolute atomic E-state index is 11.8. The molecule has 0 aromatic heterocycles. The molecule has 0 saturated carbocycles. The summed E-state index contributed by atoms with van der Waals surface area (Å²) < 4.78 is 55.1. The Labute approximate surface area is 120 Å². The van der Waals surface area contributed by atoms with Crippen molar-refractivity contribution >= 4 is 10.2 Å². The Hall–Kier alpha value is -0.350. The molecule has 0 heterocycles. The van der Waals surface area contributed by atoms with Gasteiger partial charge in [-0.15, -0.1) is 0 Å². The Kier molecular flexibility index (Phi) is 10.2. The zero-order valence-corrected chi connectivity index (χ0v) is 13.0. The van der Waals surface area contributed by atoms with Crippen LogP contribution in [0.2, 0.25) is 0 Å². The van der Waals surface area contributed by atoms with Crippen LogP contribution in [0.25, 0.3) is 0 Å². The van der Waals surface area contributed by atoms with E-state index in [1.54, 1.807) is 0 Å². The third-order valence-electron chi connectivity index (χ3n) is 2.39. The van der Waals surface area contributed by atoms with E-state index < -0.39 is 23.2 Å². The number of nitrogens with zero attached hydrogens (tertiary/aromatic N) is 1. The first-order chi connectivity index (χ1) is 9.25. The second-order valence-corrected chi connectivity index (χ2v) is 6.51.